The monoisotopic (exact) mass is 986 g/mol. The standard InChI is InChI=1S/C60H58O11S/c61-57(46-30-16-5-17-31-46)69-56-54(52-50(68-60(56)72-48-34-20-7-21-35-48)41-66-58(70-52)47-32-18-6-19-33-47)71-59-55(65-39-45-28-14-4-15-29-45)53(64-38-44-26-12-3-13-27-44)51(63-37-43-24-10-2-11-25-43)49(67-59)40-62-36-42-22-8-1-9-23-42/h1-35,49-56,58-60H,36-41H2/t49?,50?,51-,52-,53?,54?,55?,56?,58?,59+,60-/m0/s1. The molecule has 10 rings (SSSR count). The van der Waals surface area contributed by atoms with Crippen molar-refractivity contribution in [3.63, 3.8) is 0 Å². The molecule has 0 bridgehead atoms. The number of benzene rings is 7. The van der Waals surface area contributed by atoms with Gasteiger partial charge in [0.2, 0.25) is 0 Å². The molecule has 0 aromatic heterocycles. The van der Waals surface area contributed by atoms with Gasteiger partial charge in [-0.3, -0.25) is 0 Å². The van der Waals surface area contributed by atoms with Crippen molar-refractivity contribution in [3.8, 4) is 0 Å². The highest BCUT2D eigenvalue weighted by Gasteiger charge is 2.57. The number of rotatable bonds is 20. The number of hydrogen-bond donors (Lipinski definition) is 0. The molecule has 0 aliphatic carbocycles. The van der Waals surface area contributed by atoms with Crippen LogP contribution in [0, 0.1) is 0 Å². The third-order valence-electron chi connectivity index (χ3n) is 12.7. The second kappa shape index (κ2) is 25.1. The largest absolute Gasteiger partial charge is 0.452 e. The molecule has 0 saturated carbocycles. The molecule has 7 aromatic carbocycles. The molecule has 0 amide bonds. The van der Waals surface area contributed by atoms with Crippen LogP contribution in [-0.4, -0.2) is 79.7 Å². The van der Waals surface area contributed by atoms with Crippen molar-refractivity contribution in [1.29, 1.82) is 0 Å². The normalized spacial score (nSPS) is 26.0. The molecule has 3 saturated heterocycles. The Bertz CT molecular complexity index is 2670. The van der Waals surface area contributed by atoms with Gasteiger partial charge in [-0.2, -0.15) is 0 Å². The van der Waals surface area contributed by atoms with E-state index in [1.54, 1.807) is 24.3 Å². The van der Waals surface area contributed by atoms with Crippen LogP contribution in [0.4, 0.5) is 0 Å². The lowest BCUT2D eigenvalue weighted by Gasteiger charge is -2.51. The number of carbonyl (C=O) groups excluding carboxylic acids is 1. The van der Waals surface area contributed by atoms with Crippen LogP contribution in [0.5, 0.6) is 0 Å². The fourth-order valence-electron chi connectivity index (χ4n) is 9.11. The van der Waals surface area contributed by atoms with E-state index in [4.69, 9.17) is 47.4 Å². The van der Waals surface area contributed by atoms with Crippen molar-refractivity contribution in [2.75, 3.05) is 13.2 Å². The van der Waals surface area contributed by atoms with E-state index in [-0.39, 0.29) is 33.0 Å². The molecule has 11 nitrogen and oxygen atoms in total. The number of fused-ring (bicyclic) bond motifs is 1. The van der Waals surface area contributed by atoms with Gasteiger partial charge in [-0.05, 0) is 46.5 Å². The van der Waals surface area contributed by atoms with Crippen LogP contribution >= 0.6 is 11.8 Å². The highest BCUT2D eigenvalue weighted by atomic mass is 32.2. The van der Waals surface area contributed by atoms with Gasteiger partial charge in [-0.1, -0.05) is 200 Å². The van der Waals surface area contributed by atoms with Crippen LogP contribution in [0.15, 0.2) is 217 Å². The summed E-state index contributed by atoms with van der Waals surface area (Å²) in [5.74, 6) is -0.548. The van der Waals surface area contributed by atoms with Crippen molar-refractivity contribution in [2.45, 2.75) is 98.2 Å². The first-order chi connectivity index (χ1) is 35.6. The summed E-state index contributed by atoms with van der Waals surface area (Å²) in [5, 5.41) is 0. The fourth-order valence-corrected chi connectivity index (χ4v) is 10.2. The average molecular weight is 987 g/mol. The van der Waals surface area contributed by atoms with E-state index < -0.39 is 72.8 Å². The number of esters is 1. The molecular formula is C60H58O11S. The Hall–Kier alpha value is -6.00. The molecule has 12 heteroatoms. The Balaban J connectivity index is 1.06. The van der Waals surface area contributed by atoms with Gasteiger partial charge in [0.15, 0.2) is 18.7 Å². The molecule has 3 heterocycles. The van der Waals surface area contributed by atoms with E-state index in [0.29, 0.717) is 12.2 Å². The minimum atomic E-state index is -1.16. The maximum absolute atomic E-state index is 14.4. The first kappa shape index (κ1) is 49.6. The molecule has 3 aliphatic heterocycles. The summed E-state index contributed by atoms with van der Waals surface area (Å²) < 4.78 is 69.3. The predicted octanol–water partition coefficient (Wildman–Crippen LogP) is 10.9. The van der Waals surface area contributed by atoms with E-state index in [1.807, 2.05) is 188 Å². The topological polar surface area (TPSA) is 109 Å². The fraction of sp³-hybridized carbons (Fsp3) is 0.283. The summed E-state index contributed by atoms with van der Waals surface area (Å²) in [5.41, 5.74) is 4.29. The lowest BCUT2D eigenvalue weighted by atomic mass is 9.95. The van der Waals surface area contributed by atoms with Crippen LogP contribution in [0.3, 0.4) is 0 Å². The van der Waals surface area contributed by atoms with Crippen molar-refractivity contribution < 1.29 is 52.2 Å². The Labute approximate surface area is 425 Å². The average Bonchev–Trinajstić information content (AvgIpc) is 3.44. The Morgan fingerprint density at radius 2 is 0.972 bits per heavy atom. The van der Waals surface area contributed by atoms with Crippen LogP contribution in [0.2, 0.25) is 0 Å². The number of thioether (sulfide) groups is 1. The summed E-state index contributed by atoms with van der Waals surface area (Å²) in [6.45, 7) is 1.31. The van der Waals surface area contributed by atoms with Crippen LogP contribution in [0.25, 0.3) is 0 Å². The molecule has 0 N–H and O–H groups in total. The minimum absolute atomic E-state index is 0.115. The smallest absolute Gasteiger partial charge is 0.338 e. The first-order valence-corrected chi connectivity index (χ1v) is 25.3. The van der Waals surface area contributed by atoms with Gasteiger partial charge in [0.25, 0.3) is 0 Å². The molecule has 7 unspecified atom stereocenters. The van der Waals surface area contributed by atoms with Gasteiger partial charge in [-0.25, -0.2) is 4.79 Å². The molecule has 3 aliphatic rings. The summed E-state index contributed by atoms with van der Waals surface area (Å²) in [7, 11) is 0. The third kappa shape index (κ3) is 13.0. The van der Waals surface area contributed by atoms with Crippen LogP contribution in [-0.2, 0) is 73.8 Å². The molecule has 72 heavy (non-hydrogen) atoms. The molecule has 3 fully saturated rings. The number of ether oxygens (including phenoxy) is 10. The van der Waals surface area contributed by atoms with Gasteiger partial charge in [-0.15, -0.1) is 0 Å². The minimum Gasteiger partial charge on any atom is -0.452 e. The summed E-state index contributed by atoms with van der Waals surface area (Å²) >= 11 is 1.43. The van der Waals surface area contributed by atoms with Gasteiger partial charge < -0.3 is 47.4 Å². The van der Waals surface area contributed by atoms with Gasteiger partial charge in [0.05, 0.1) is 45.2 Å². The van der Waals surface area contributed by atoms with E-state index in [1.165, 1.54) is 11.8 Å². The molecule has 370 valence electrons. The first-order valence-electron chi connectivity index (χ1n) is 24.5. The zero-order chi connectivity index (χ0) is 48.7. The molecule has 0 radical (unpaired) electrons. The highest BCUT2D eigenvalue weighted by Crippen LogP contribution is 2.43. The SMILES string of the molecule is O=C(OC1C(O[C@H]2OC(COCc3ccccc3)[C@H](OCc3ccccc3)C(OCc3ccccc3)C2OCc2ccccc2)[C@H]2OC(c3ccccc3)OCC2O[C@H]1Sc1ccccc1)c1ccccc1. The molecular weight excluding hydrogens is 929 g/mol. The van der Waals surface area contributed by atoms with E-state index in [2.05, 4.69) is 0 Å². The molecule has 7 aromatic rings. The van der Waals surface area contributed by atoms with E-state index >= 15 is 0 Å². The predicted molar refractivity (Wildman–Crippen MR) is 271 cm³/mol. The van der Waals surface area contributed by atoms with E-state index in [9.17, 15) is 4.79 Å². The Kier molecular flexibility index (Phi) is 17.3. The second-order valence-electron chi connectivity index (χ2n) is 17.8. The second-order valence-corrected chi connectivity index (χ2v) is 19.0. The molecule has 0 spiro atoms. The van der Waals surface area contributed by atoms with Gasteiger partial charge >= 0.3 is 5.97 Å². The number of carbonyl (C=O) groups is 1. The lowest BCUT2D eigenvalue weighted by Crippen LogP contribution is -2.67. The van der Waals surface area contributed by atoms with Gasteiger partial charge in [0, 0.05) is 10.5 Å². The lowest BCUT2D eigenvalue weighted by molar-refractivity contribution is -0.375. The summed E-state index contributed by atoms with van der Waals surface area (Å²) in [4.78, 5) is 15.3. The van der Waals surface area contributed by atoms with Crippen molar-refractivity contribution in [1.82, 2.24) is 0 Å². The van der Waals surface area contributed by atoms with E-state index in [0.717, 1.165) is 32.7 Å². The highest BCUT2D eigenvalue weighted by molar-refractivity contribution is 7.99. The van der Waals surface area contributed by atoms with Crippen molar-refractivity contribution >= 4 is 17.7 Å². The zero-order valence-electron chi connectivity index (χ0n) is 39.7. The van der Waals surface area contributed by atoms with Crippen LogP contribution in [0.1, 0.15) is 44.5 Å². The van der Waals surface area contributed by atoms with Crippen molar-refractivity contribution in [3.05, 3.63) is 246 Å². The Morgan fingerprint density at radius 3 is 1.54 bits per heavy atom. The number of hydrogen-bond acceptors (Lipinski definition) is 12. The zero-order valence-corrected chi connectivity index (χ0v) is 40.5. The summed E-state index contributed by atoms with van der Waals surface area (Å²) in [6.07, 6.45) is -8.66. The van der Waals surface area contributed by atoms with Gasteiger partial charge in [0.1, 0.15) is 48.2 Å². The quantitative estimate of drug-likeness (QED) is 0.0678. The molecule has 11 atom stereocenters. The maximum atomic E-state index is 14.4. The third-order valence-corrected chi connectivity index (χ3v) is 13.9. The maximum Gasteiger partial charge on any atom is 0.338 e. The van der Waals surface area contributed by atoms with Crippen molar-refractivity contribution in [2.24, 2.45) is 0 Å². The summed E-state index contributed by atoms with van der Waals surface area (Å²) in [6, 6.07) is 68.4. The van der Waals surface area contributed by atoms with Crippen LogP contribution < -0.4 is 0 Å². The Morgan fingerprint density at radius 1 is 0.486 bits per heavy atom.